The molecule has 1 aromatic carbocycles. The molecule has 1 heterocycles. The lowest BCUT2D eigenvalue weighted by atomic mass is 9.95. The number of benzene rings is 1. The second-order valence-corrected chi connectivity index (χ2v) is 5.54. The molecule has 1 aliphatic heterocycles. The third kappa shape index (κ3) is 3.31. The van der Waals surface area contributed by atoms with Crippen LogP contribution >= 0.6 is 0 Å². The monoisotopic (exact) mass is 248 g/mol. The first-order valence-electron chi connectivity index (χ1n) is 6.87. The number of nitrogens with two attached hydrogens (primary N) is 1. The van der Waals surface area contributed by atoms with Gasteiger partial charge < -0.3 is 4.74 Å². The Labute approximate surface area is 110 Å². The van der Waals surface area contributed by atoms with Gasteiger partial charge >= 0.3 is 0 Å². The Balaban J connectivity index is 2.14. The topological polar surface area (TPSA) is 47.3 Å². The molecule has 0 bridgehead atoms. The van der Waals surface area contributed by atoms with Gasteiger partial charge in [0.15, 0.2) is 0 Å². The number of hydrazine groups is 1. The molecule has 3 N–H and O–H groups in total. The minimum absolute atomic E-state index is 0.111. The summed E-state index contributed by atoms with van der Waals surface area (Å²) in [6.07, 6.45) is 3.54. The maximum atomic E-state index is 5.74. The van der Waals surface area contributed by atoms with E-state index in [0.717, 1.165) is 25.9 Å². The standard InChI is InChI=1S/C15H24N2O/c1-11(2)9-12-5-3-6-13(10-12)15(17-16)14-7-4-8-18-14/h3,5-6,10-11,14-15,17H,4,7-9,16H2,1-2H3. The molecule has 2 atom stereocenters. The van der Waals surface area contributed by atoms with Gasteiger partial charge in [-0.3, -0.25) is 11.3 Å². The first-order chi connectivity index (χ1) is 8.70. The van der Waals surface area contributed by atoms with E-state index in [1.54, 1.807) is 0 Å². The van der Waals surface area contributed by atoms with E-state index in [2.05, 4.69) is 43.5 Å². The van der Waals surface area contributed by atoms with Crippen LogP contribution in [0.4, 0.5) is 0 Å². The summed E-state index contributed by atoms with van der Waals surface area (Å²) in [7, 11) is 0. The normalized spacial score (nSPS) is 21.4. The van der Waals surface area contributed by atoms with Crippen molar-refractivity contribution < 1.29 is 4.74 Å². The highest BCUT2D eigenvalue weighted by molar-refractivity contribution is 5.27. The molecule has 0 aromatic heterocycles. The average molecular weight is 248 g/mol. The molecule has 1 aromatic rings. The number of hydrogen-bond acceptors (Lipinski definition) is 3. The predicted molar refractivity (Wildman–Crippen MR) is 74.0 cm³/mol. The Morgan fingerprint density at radius 1 is 1.44 bits per heavy atom. The summed E-state index contributed by atoms with van der Waals surface area (Å²) < 4.78 is 5.74. The van der Waals surface area contributed by atoms with Gasteiger partial charge in [-0.15, -0.1) is 0 Å². The first kappa shape index (κ1) is 13.5. The van der Waals surface area contributed by atoms with Gasteiger partial charge in [0.05, 0.1) is 12.1 Å². The Bertz CT molecular complexity index is 373. The molecule has 0 aliphatic carbocycles. The van der Waals surface area contributed by atoms with Gasteiger partial charge in [0.1, 0.15) is 0 Å². The van der Waals surface area contributed by atoms with Crippen molar-refractivity contribution in [2.45, 2.75) is 45.3 Å². The molecular weight excluding hydrogens is 224 g/mol. The number of rotatable bonds is 5. The van der Waals surface area contributed by atoms with Crippen LogP contribution in [0.25, 0.3) is 0 Å². The summed E-state index contributed by atoms with van der Waals surface area (Å²) in [5.74, 6) is 6.38. The molecule has 3 nitrogen and oxygen atoms in total. The fourth-order valence-corrected chi connectivity index (χ4v) is 2.67. The predicted octanol–water partition coefficient (Wildman–Crippen LogP) is 2.57. The highest BCUT2D eigenvalue weighted by Crippen LogP contribution is 2.27. The highest BCUT2D eigenvalue weighted by atomic mass is 16.5. The Morgan fingerprint density at radius 3 is 2.89 bits per heavy atom. The summed E-state index contributed by atoms with van der Waals surface area (Å²) in [6, 6.07) is 8.81. The molecule has 0 radical (unpaired) electrons. The van der Waals surface area contributed by atoms with E-state index in [4.69, 9.17) is 10.6 Å². The van der Waals surface area contributed by atoms with E-state index in [1.165, 1.54) is 11.1 Å². The minimum Gasteiger partial charge on any atom is -0.376 e. The van der Waals surface area contributed by atoms with Gasteiger partial charge in [0, 0.05) is 6.61 Å². The molecule has 0 spiro atoms. The van der Waals surface area contributed by atoms with Gasteiger partial charge in [0.25, 0.3) is 0 Å². The molecule has 0 saturated carbocycles. The highest BCUT2D eigenvalue weighted by Gasteiger charge is 2.26. The summed E-state index contributed by atoms with van der Waals surface area (Å²) in [5, 5.41) is 0. The van der Waals surface area contributed by atoms with Crippen LogP contribution in [0.2, 0.25) is 0 Å². The van der Waals surface area contributed by atoms with Crippen LogP contribution in [0, 0.1) is 5.92 Å². The molecule has 0 amide bonds. The molecule has 1 fully saturated rings. The van der Waals surface area contributed by atoms with E-state index in [-0.39, 0.29) is 12.1 Å². The van der Waals surface area contributed by atoms with Crippen molar-refractivity contribution >= 4 is 0 Å². The zero-order chi connectivity index (χ0) is 13.0. The van der Waals surface area contributed by atoms with Crippen molar-refractivity contribution in [2.24, 2.45) is 11.8 Å². The lowest BCUT2D eigenvalue weighted by Gasteiger charge is -2.23. The molecule has 2 unspecified atom stereocenters. The van der Waals surface area contributed by atoms with Crippen molar-refractivity contribution in [1.82, 2.24) is 5.43 Å². The molecule has 3 heteroatoms. The third-order valence-electron chi connectivity index (χ3n) is 3.47. The maximum Gasteiger partial charge on any atom is 0.0783 e. The SMILES string of the molecule is CC(C)Cc1cccc(C(NN)C2CCCO2)c1. The fraction of sp³-hybridized carbons (Fsp3) is 0.600. The van der Waals surface area contributed by atoms with E-state index < -0.39 is 0 Å². The summed E-state index contributed by atoms with van der Waals surface area (Å²) in [4.78, 5) is 0. The molecular formula is C15H24N2O. The van der Waals surface area contributed by atoms with Crippen molar-refractivity contribution in [3.05, 3.63) is 35.4 Å². The van der Waals surface area contributed by atoms with Gasteiger partial charge in [-0.2, -0.15) is 0 Å². The summed E-state index contributed by atoms with van der Waals surface area (Å²) in [6.45, 7) is 5.34. The van der Waals surface area contributed by atoms with E-state index in [0.29, 0.717) is 5.92 Å². The maximum absolute atomic E-state index is 5.74. The zero-order valence-corrected chi connectivity index (χ0v) is 11.4. The van der Waals surface area contributed by atoms with Crippen LogP contribution in [0.3, 0.4) is 0 Å². The lowest BCUT2D eigenvalue weighted by molar-refractivity contribution is 0.0783. The largest absolute Gasteiger partial charge is 0.376 e. The van der Waals surface area contributed by atoms with Crippen LogP contribution in [0.5, 0.6) is 0 Å². The number of ether oxygens (including phenoxy) is 1. The number of nitrogens with one attached hydrogen (secondary N) is 1. The van der Waals surface area contributed by atoms with Crippen molar-refractivity contribution in [2.75, 3.05) is 6.61 Å². The summed E-state index contributed by atoms with van der Waals surface area (Å²) >= 11 is 0. The first-order valence-corrected chi connectivity index (χ1v) is 6.87. The smallest absolute Gasteiger partial charge is 0.0783 e. The van der Waals surface area contributed by atoms with Gasteiger partial charge in [-0.1, -0.05) is 38.1 Å². The van der Waals surface area contributed by atoms with Crippen molar-refractivity contribution in [3.63, 3.8) is 0 Å². The summed E-state index contributed by atoms with van der Waals surface area (Å²) in [5.41, 5.74) is 5.53. The van der Waals surface area contributed by atoms with Crippen molar-refractivity contribution in [1.29, 1.82) is 0 Å². The minimum atomic E-state index is 0.111. The molecule has 100 valence electrons. The fourth-order valence-electron chi connectivity index (χ4n) is 2.67. The molecule has 18 heavy (non-hydrogen) atoms. The second kappa shape index (κ2) is 6.32. The lowest BCUT2D eigenvalue weighted by Crippen LogP contribution is -2.36. The van der Waals surface area contributed by atoms with Crippen LogP contribution < -0.4 is 11.3 Å². The molecule has 2 rings (SSSR count). The number of hydrogen-bond donors (Lipinski definition) is 2. The van der Waals surface area contributed by atoms with Crippen LogP contribution in [-0.2, 0) is 11.2 Å². The Hall–Kier alpha value is -0.900. The van der Waals surface area contributed by atoms with E-state index in [9.17, 15) is 0 Å². The van der Waals surface area contributed by atoms with E-state index in [1.807, 2.05) is 0 Å². The van der Waals surface area contributed by atoms with Gasteiger partial charge in [-0.25, -0.2) is 0 Å². The van der Waals surface area contributed by atoms with E-state index >= 15 is 0 Å². The van der Waals surface area contributed by atoms with Crippen LogP contribution in [-0.4, -0.2) is 12.7 Å². The van der Waals surface area contributed by atoms with Gasteiger partial charge in [0.2, 0.25) is 0 Å². The second-order valence-electron chi connectivity index (χ2n) is 5.54. The Morgan fingerprint density at radius 2 is 2.28 bits per heavy atom. The quantitative estimate of drug-likeness (QED) is 0.622. The van der Waals surface area contributed by atoms with Crippen molar-refractivity contribution in [3.8, 4) is 0 Å². The van der Waals surface area contributed by atoms with Gasteiger partial charge in [-0.05, 0) is 36.3 Å². The average Bonchev–Trinajstić information content (AvgIpc) is 2.83. The molecule has 1 aliphatic rings. The third-order valence-corrected chi connectivity index (χ3v) is 3.47. The Kier molecular flexibility index (Phi) is 4.75. The zero-order valence-electron chi connectivity index (χ0n) is 11.4. The molecule has 1 saturated heterocycles. The van der Waals surface area contributed by atoms with Crippen LogP contribution in [0.15, 0.2) is 24.3 Å². The van der Waals surface area contributed by atoms with Crippen LogP contribution in [0.1, 0.15) is 43.9 Å².